The van der Waals surface area contributed by atoms with Crippen LogP contribution >= 0.6 is 0 Å². The average molecular weight is 492 g/mol. The van der Waals surface area contributed by atoms with E-state index in [1.54, 1.807) is 37.3 Å². The summed E-state index contributed by atoms with van der Waals surface area (Å²) in [5.74, 6) is -0.429. The summed E-state index contributed by atoms with van der Waals surface area (Å²) in [6.45, 7) is 6.50. The van der Waals surface area contributed by atoms with E-state index in [0.29, 0.717) is 36.9 Å². The van der Waals surface area contributed by atoms with Crippen LogP contribution in [0.2, 0.25) is 0 Å². The first-order chi connectivity index (χ1) is 17.3. The summed E-state index contributed by atoms with van der Waals surface area (Å²) in [5, 5.41) is 13.1. The quantitative estimate of drug-likeness (QED) is 0.333. The van der Waals surface area contributed by atoms with Crippen LogP contribution in [0.4, 0.5) is 4.39 Å². The van der Waals surface area contributed by atoms with Crippen molar-refractivity contribution < 1.29 is 23.6 Å². The van der Waals surface area contributed by atoms with Gasteiger partial charge in [0, 0.05) is 24.8 Å². The average Bonchev–Trinajstić information content (AvgIpc) is 3.33. The molecule has 3 aromatic rings. The smallest absolute Gasteiger partial charge is 0.317 e. The predicted molar refractivity (Wildman–Crippen MR) is 138 cm³/mol. The highest BCUT2D eigenvalue weighted by atomic mass is 19.1. The van der Waals surface area contributed by atoms with Gasteiger partial charge >= 0.3 is 5.97 Å². The van der Waals surface area contributed by atoms with Gasteiger partial charge in [0.2, 0.25) is 5.82 Å². The zero-order valence-corrected chi connectivity index (χ0v) is 20.7. The largest absolute Gasteiger partial charge is 0.480 e. The number of carboxylic acids is 1. The summed E-state index contributed by atoms with van der Waals surface area (Å²) in [5.41, 5.74) is 4.95. The molecule has 0 amide bonds. The summed E-state index contributed by atoms with van der Waals surface area (Å²) >= 11 is 0. The molecular formula is C28H30FN3O4. The van der Waals surface area contributed by atoms with Crippen LogP contribution in [0.25, 0.3) is 28.2 Å². The molecule has 1 aromatic heterocycles. The molecule has 0 aliphatic carbocycles. The molecule has 0 aliphatic rings. The number of aromatic nitrogens is 2. The maximum atomic E-state index is 13.9. The van der Waals surface area contributed by atoms with E-state index in [2.05, 4.69) is 16.7 Å². The van der Waals surface area contributed by atoms with Crippen molar-refractivity contribution in [2.75, 3.05) is 27.2 Å². The van der Waals surface area contributed by atoms with Crippen molar-refractivity contribution in [3.8, 4) is 22.6 Å². The van der Waals surface area contributed by atoms with Crippen LogP contribution < -0.4 is 0 Å². The van der Waals surface area contributed by atoms with Gasteiger partial charge in [-0.15, -0.1) is 0 Å². The molecule has 0 atom stereocenters. The molecule has 0 aliphatic heterocycles. The van der Waals surface area contributed by atoms with E-state index >= 15 is 0 Å². The molecule has 2 aromatic carbocycles. The second-order valence-electron chi connectivity index (χ2n) is 8.36. The van der Waals surface area contributed by atoms with Gasteiger partial charge in [0.05, 0.1) is 13.2 Å². The number of carbonyl (C=O) groups is 1. The van der Waals surface area contributed by atoms with Crippen molar-refractivity contribution in [2.45, 2.75) is 20.0 Å². The van der Waals surface area contributed by atoms with E-state index in [9.17, 15) is 9.18 Å². The van der Waals surface area contributed by atoms with Crippen LogP contribution in [0.3, 0.4) is 0 Å². The van der Waals surface area contributed by atoms with Crippen LogP contribution in [0.5, 0.6) is 0 Å². The number of carboxylic acid groups (broad SMARTS) is 1. The molecule has 3 rings (SSSR count). The van der Waals surface area contributed by atoms with Crippen molar-refractivity contribution in [1.82, 2.24) is 15.0 Å². The highest BCUT2D eigenvalue weighted by Crippen LogP contribution is 2.32. The molecular weight excluding hydrogens is 461 g/mol. The number of ether oxygens (including phenoxy) is 1. The molecule has 8 heteroatoms. The van der Waals surface area contributed by atoms with Crippen LogP contribution in [0.1, 0.15) is 23.4 Å². The van der Waals surface area contributed by atoms with Crippen LogP contribution in [0.15, 0.2) is 71.8 Å². The lowest BCUT2D eigenvalue weighted by molar-refractivity contribution is -0.137. The molecule has 0 saturated heterocycles. The fourth-order valence-electron chi connectivity index (χ4n) is 3.76. The van der Waals surface area contributed by atoms with Gasteiger partial charge < -0.3 is 14.4 Å². The predicted octanol–water partition coefficient (Wildman–Crippen LogP) is 5.53. The van der Waals surface area contributed by atoms with Gasteiger partial charge in [0.1, 0.15) is 5.82 Å². The lowest BCUT2D eigenvalue weighted by atomic mass is 9.94. The molecule has 1 heterocycles. The van der Waals surface area contributed by atoms with Gasteiger partial charge in [0.15, 0.2) is 0 Å². The summed E-state index contributed by atoms with van der Waals surface area (Å²) in [4.78, 5) is 17.2. The van der Waals surface area contributed by atoms with Crippen LogP contribution in [0, 0.1) is 12.7 Å². The third kappa shape index (κ3) is 7.07. The summed E-state index contributed by atoms with van der Waals surface area (Å²) in [6, 6.07) is 10.4. The normalized spacial score (nSPS) is 12.0. The van der Waals surface area contributed by atoms with E-state index in [1.807, 2.05) is 37.3 Å². The van der Waals surface area contributed by atoms with E-state index in [0.717, 1.165) is 27.8 Å². The SMILES string of the molecule is C=C/C=C\C(=C/CCN(C)CC(=O)O)c1noc(-c2ccc(-c3cc(F)ccc3C)c(COC)c2)n1. The molecule has 0 spiro atoms. The van der Waals surface area contributed by atoms with Gasteiger partial charge in [-0.3, -0.25) is 9.69 Å². The molecule has 7 nitrogen and oxygen atoms in total. The zero-order chi connectivity index (χ0) is 26.1. The number of hydrogen-bond acceptors (Lipinski definition) is 6. The van der Waals surface area contributed by atoms with Gasteiger partial charge in [-0.1, -0.05) is 48.2 Å². The Labute approximate surface area is 210 Å². The molecule has 0 saturated carbocycles. The summed E-state index contributed by atoms with van der Waals surface area (Å²) in [7, 11) is 3.36. The Balaban J connectivity index is 1.90. The number of halogens is 1. The number of aryl methyl sites for hydroxylation is 1. The highest BCUT2D eigenvalue weighted by molar-refractivity contribution is 5.75. The topological polar surface area (TPSA) is 88.7 Å². The molecule has 188 valence electrons. The number of benzene rings is 2. The van der Waals surface area contributed by atoms with Gasteiger partial charge in [0.25, 0.3) is 5.89 Å². The fourth-order valence-corrected chi connectivity index (χ4v) is 3.76. The molecule has 0 radical (unpaired) electrons. The van der Waals surface area contributed by atoms with Crippen LogP contribution in [-0.2, 0) is 16.1 Å². The second kappa shape index (κ2) is 12.7. The summed E-state index contributed by atoms with van der Waals surface area (Å²) in [6.07, 6.45) is 7.78. The minimum atomic E-state index is -0.873. The zero-order valence-electron chi connectivity index (χ0n) is 20.7. The lowest BCUT2D eigenvalue weighted by Crippen LogP contribution is -2.26. The Morgan fingerprint density at radius 3 is 2.78 bits per heavy atom. The van der Waals surface area contributed by atoms with Crippen LogP contribution in [-0.4, -0.2) is 53.4 Å². The van der Waals surface area contributed by atoms with Gasteiger partial charge in [-0.2, -0.15) is 4.98 Å². The molecule has 36 heavy (non-hydrogen) atoms. The van der Waals surface area contributed by atoms with Gasteiger partial charge in [-0.05, 0) is 66.9 Å². The van der Waals surface area contributed by atoms with Crippen molar-refractivity contribution in [3.05, 3.63) is 90.0 Å². The third-order valence-corrected chi connectivity index (χ3v) is 5.52. The molecule has 0 bridgehead atoms. The molecule has 0 fully saturated rings. The van der Waals surface area contributed by atoms with Crippen molar-refractivity contribution >= 4 is 11.5 Å². The Bertz CT molecular complexity index is 1280. The Morgan fingerprint density at radius 1 is 1.25 bits per heavy atom. The number of rotatable bonds is 12. The first kappa shape index (κ1) is 26.7. The monoisotopic (exact) mass is 491 g/mol. The van der Waals surface area contributed by atoms with E-state index < -0.39 is 5.97 Å². The van der Waals surface area contributed by atoms with Crippen molar-refractivity contribution in [2.24, 2.45) is 0 Å². The number of aliphatic carboxylic acids is 1. The van der Waals surface area contributed by atoms with E-state index in [4.69, 9.17) is 14.4 Å². The minimum absolute atomic E-state index is 0.0347. The number of likely N-dealkylation sites (N-methyl/N-ethyl adjacent to an activating group) is 1. The van der Waals surface area contributed by atoms with Crippen molar-refractivity contribution in [3.63, 3.8) is 0 Å². The number of methoxy groups -OCH3 is 1. The number of allylic oxidation sites excluding steroid dienone is 4. The lowest BCUT2D eigenvalue weighted by Gasteiger charge is -2.13. The fraction of sp³-hybridized carbons (Fsp3) is 0.250. The first-order valence-corrected chi connectivity index (χ1v) is 11.4. The highest BCUT2D eigenvalue weighted by Gasteiger charge is 2.15. The maximum Gasteiger partial charge on any atom is 0.317 e. The van der Waals surface area contributed by atoms with Gasteiger partial charge in [-0.25, -0.2) is 4.39 Å². The van der Waals surface area contributed by atoms with E-state index in [1.165, 1.54) is 12.1 Å². The first-order valence-electron chi connectivity index (χ1n) is 11.4. The number of nitrogens with zero attached hydrogens (tertiary/aromatic N) is 3. The standard InChI is InChI=1S/C28H30FN3O4/c1-5-6-8-20(9-7-14-32(3)17-26(33)34)27-30-28(36-31-27)21-11-13-24(22(15-21)18-35-4)25-16-23(29)12-10-19(25)2/h5-6,8-13,15-16H,1,7,14,17-18H2,2-4H3,(H,33,34)/b8-6-,20-9+. The maximum absolute atomic E-state index is 13.9. The second-order valence-corrected chi connectivity index (χ2v) is 8.36. The van der Waals surface area contributed by atoms with Crippen molar-refractivity contribution in [1.29, 1.82) is 0 Å². The summed E-state index contributed by atoms with van der Waals surface area (Å²) < 4.78 is 24.9. The minimum Gasteiger partial charge on any atom is -0.480 e. The number of hydrogen-bond donors (Lipinski definition) is 1. The third-order valence-electron chi connectivity index (χ3n) is 5.52. The Kier molecular flexibility index (Phi) is 9.44. The molecule has 0 unspecified atom stereocenters. The Morgan fingerprint density at radius 2 is 2.06 bits per heavy atom. The van der Waals surface area contributed by atoms with E-state index in [-0.39, 0.29) is 12.4 Å². The Hall–Kier alpha value is -3.88. The molecule has 1 N–H and O–H groups in total.